The maximum Gasteiger partial charge on any atom is 0.223 e. The molecule has 0 amide bonds. The van der Waals surface area contributed by atoms with Gasteiger partial charge in [0.1, 0.15) is 5.82 Å². The van der Waals surface area contributed by atoms with E-state index >= 15 is 0 Å². The van der Waals surface area contributed by atoms with Crippen LogP contribution in [0, 0.1) is 0 Å². The molecule has 158 valence electrons. The molecule has 0 spiro atoms. The minimum atomic E-state index is 0.345. The first-order valence-electron chi connectivity index (χ1n) is 10.3. The molecule has 5 rings (SSSR count). The lowest BCUT2D eigenvalue weighted by Gasteiger charge is -2.23. The Morgan fingerprint density at radius 2 is 2.03 bits per heavy atom. The predicted molar refractivity (Wildman–Crippen MR) is 115 cm³/mol. The van der Waals surface area contributed by atoms with Crippen LogP contribution >= 0.6 is 0 Å². The van der Waals surface area contributed by atoms with E-state index in [0.717, 1.165) is 54.3 Å². The van der Waals surface area contributed by atoms with E-state index in [1.165, 1.54) is 0 Å². The molecular formula is C22H23N7O2. The summed E-state index contributed by atoms with van der Waals surface area (Å²) >= 11 is 0. The maximum absolute atomic E-state index is 5.42. The molecule has 0 bridgehead atoms. The molecule has 0 aliphatic carbocycles. The predicted octanol–water partition coefficient (Wildman–Crippen LogP) is 2.77. The number of hydrogen-bond acceptors (Lipinski definition) is 8. The Morgan fingerprint density at radius 1 is 1.13 bits per heavy atom. The molecule has 5 heterocycles. The van der Waals surface area contributed by atoms with Gasteiger partial charge in [0.25, 0.3) is 0 Å². The van der Waals surface area contributed by atoms with Gasteiger partial charge in [-0.05, 0) is 36.6 Å². The van der Waals surface area contributed by atoms with Crippen molar-refractivity contribution >= 4 is 11.6 Å². The van der Waals surface area contributed by atoms with Crippen LogP contribution < -0.4 is 10.1 Å². The summed E-state index contributed by atoms with van der Waals surface area (Å²) in [6.45, 7) is 1.55. The van der Waals surface area contributed by atoms with Crippen molar-refractivity contribution in [3.63, 3.8) is 0 Å². The van der Waals surface area contributed by atoms with Crippen LogP contribution in [-0.4, -0.2) is 55.9 Å². The quantitative estimate of drug-likeness (QED) is 0.511. The average molecular weight is 417 g/mol. The van der Waals surface area contributed by atoms with Crippen molar-refractivity contribution < 1.29 is 9.47 Å². The molecule has 1 saturated heterocycles. The van der Waals surface area contributed by atoms with E-state index in [0.29, 0.717) is 24.3 Å². The largest absolute Gasteiger partial charge is 0.481 e. The topological polar surface area (TPSA) is 99.4 Å². The first-order valence-corrected chi connectivity index (χ1v) is 10.3. The fourth-order valence-corrected chi connectivity index (χ4v) is 3.65. The summed E-state index contributed by atoms with van der Waals surface area (Å²) in [7, 11) is 1.60. The Balaban J connectivity index is 1.36. The van der Waals surface area contributed by atoms with Gasteiger partial charge in [-0.3, -0.25) is 4.40 Å². The van der Waals surface area contributed by atoms with Crippen molar-refractivity contribution in [2.75, 3.05) is 25.6 Å². The van der Waals surface area contributed by atoms with Crippen LogP contribution in [0.3, 0.4) is 0 Å². The highest BCUT2D eigenvalue weighted by Gasteiger charge is 2.15. The summed E-state index contributed by atoms with van der Waals surface area (Å²) in [4.78, 5) is 13.3. The third kappa shape index (κ3) is 4.31. The van der Waals surface area contributed by atoms with Gasteiger partial charge in [-0.2, -0.15) is 0 Å². The molecule has 9 nitrogen and oxygen atoms in total. The lowest BCUT2D eigenvalue weighted by Crippen LogP contribution is -2.28. The van der Waals surface area contributed by atoms with Crippen LogP contribution in [0.1, 0.15) is 24.2 Å². The number of nitrogens with zero attached hydrogens (tertiary/aromatic N) is 6. The smallest absolute Gasteiger partial charge is 0.223 e. The minimum absolute atomic E-state index is 0.345. The molecule has 0 radical (unpaired) electrons. The van der Waals surface area contributed by atoms with Gasteiger partial charge >= 0.3 is 0 Å². The number of anilines is 1. The van der Waals surface area contributed by atoms with Crippen molar-refractivity contribution in [2.45, 2.75) is 25.3 Å². The molecule has 4 aromatic rings. The van der Waals surface area contributed by atoms with Gasteiger partial charge in [0.05, 0.1) is 12.8 Å². The fraction of sp³-hybridized carbons (Fsp3) is 0.318. The van der Waals surface area contributed by atoms with Crippen LogP contribution in [0.25, 0.3) is 16.9 Å². The van der Waals surface area contributed by atoms with Crippen LogP contribution in [0.5, 0.6) is 5.88 Å². The van der Waals surface area contributed by atoms with E-state index in [2.05, 4.69) is 25.5 Å². The van der Waals surface area contributed by atoms with E-state index in [9.17, 15) is 0 Å². The lowest BCUT2D eigenvalue weighted by molar-refractivity contribution is 0.0903. The Morgan fingerprint density at radius 3 is 2.84 bits per heavy atom. The number of methoxy groups -OCH3 is 1. The molecule has 1 N–H and O–H groups in total. The molecule has 31 heavy (non-hydrogen) atoms. The van der Waals surface area contributed by atoms with E-state index in [1.807, 2.05) is 40.9 Å². The van der Waals surface area contributed by atoms with Crippen molar-refractivity contribution in [3.05, 3.63) is 60.3 Å². The third-order valence-corrected chi connectivity index (χ3v) is 5.36. The number of fused-ring (bicyclic) bond motifs is 1. The van der Waals surface area contributed by atoms with E-state index in [1.54, 1.807) is 19.5 Å². The zero-order chi connectivity index (χ0) is 21.0. The highest BCUT2D eigenvalue weighted by atomic mass is 16.5. The summed E-state index contributed by atoms with van der Waals surface area (Å²) in [5, 5.41) is 12.1. The second-order valence-corrected chi connectivity index (χ2v) is 7.44. The Labute approximate surface area is 179 Å². The highest BCUT2D eigenvalue weighted by molar-refractivity contribution is 5.64. The number of rotatable bonds is 6. The van der Waals surface area contributed by atoms with E-state index in [-0.39, 0.29) is 0 Å². The molecule has 9 heteroatoms. The second-order valence-electron chi connectivity index (χ2n) is 7.44. The second kappa shape index (κ2) is 8.65. The van der Waals surface area contributed by atoms with Gasteiger partial charge in [0.15, 0.2) is 5.65 Å². The van der Waals surface area contributed by atoms with Crippen molar-refractivity contribution in [2.24, 2.45) is 0 Å². The Hall–Kier alpha value is -3.59. The number of ether oxygens (including phenoxy) is 2. The van der Waals surface area contributed by atoms with Crippen molar-refractivity contribution in [3.8, 4) is 17.1 Å². The van der Waals surface area contributed by atoms with Gasteiger partial charge in [-0.25, -0.2) is 15.0 Å². The van der Waals surface area contributed by atoms with Gasteiger partial charge in [0, 0.05) is 55.9 Å². The zero-order valence-electron chi connectivity index (χ0n) is 17.2. The first-order chi connectivity index (χ1) is 15.3. The Bertz CT molecular complexity index is 1170. The molecule has 1 aliphatic rings. The standard InChI is InChI=1S/C22H23N7O2/c1-30-21-3-2-15(14-24-21)12-19-27-28-20-13-16(5-9-29(19)20)18-4-8-23-22(26-18)25-17-6-10-31-11-7-17/h2-5,8-9,13-14,17H,6-7,10-12H2,1H3,(H,23,25,26). The lowest BCUT2D eigenvalue weighted by atomic mass is 10.1. The molecule has 4 aromatic heterocycles. The van der Waals surface area contributed by atoms with E-state index < -0.39 is 0 Å². The summed E-state index contributed by atoms with van der Waals surface area (Å²) < 4.78 is 12.5. The molecular weight excluding hydrogens is 394 g/mol. The van der Waals surface area contributed by atoms with Gasteiger partial charge in [0.2, 0.25) is 11.8 Å². The summed E-state index contributed by atoms with van der Waals surface area (Å²) in [5.41, 5.74) is 3.62. The SMILES string of the molecule is COc1ccc(Cc2nnc3cc(-c4ccnc(NC5CCOCC5)n4)ccn23)cn1. The Kier molecular flexibility index (Phi) is 5.40. The van der Waals surface area contributed by atoms with Crippen LogP contribution in [-0.2, 0) is 11.2 Å². The normalized spacial score (nSPS) is 14.6. The summed E-state index contributed by atoms with van der Waals surface area (Å²) in [5.74, 6) is 2.08. The number of nitrogens with one attached hydrogen (secondary N) is 1. The zero-order valence-corrected chi connectivity index (χ0v) is 17.2. The molecule has 1 aliphatic heterocycles. The number of aromatic nitrogens is 6. The van der Waals surface area contributed by atoms with Crippen LogP contribution in [0.2, 0.25) is 0 Å². The molecule has 1 fully saturated rings. The number of pyridine rings is 2. The molecule has 0 unspecified atom stereocenters. The van der Waals surface area contributed by atoms with E-state index in [4.69, 9.17) is 14.5 Å². The molecule has 0 saturated carbocycles. The molecule has 0 aromatic carbocycles. The van der Waals surface area contributed by atoms with Crippen molar-refractivity contribution in [1.82, 2.24) is 29.5 Å². The van der Waals surface area contributed by atoms with Gasteiger partial charge in [-0.15, -0.1) is 10.2 Å². The van der Waals surface area contributed by atoms with Crippen LogP contribution in [0.4, 0.5) is 5.95 Å². The summed E-state index contributed by atoms with van der Waals surface area (Å²) in [6.07, 6.45) is 8.11. The monoisotopic (exact) mass is 417 g/mol. The molecule has 0 atom stereocenters. The fourth-order valence-electron chi connectivity index (χ4n) is 3.65. The van der Waals surface area contributed by atoms with Gasteiger partial charge < -0.3 is 14.8 Å². The third-order valence-electron chi connectivity index (χ3n) is 5.36. The summed E-state index contributed by atoms with van der Waals surface area (Å²) in [6, 6.07) is 10.1. The van der Waals surface area contributed by atoms with Crippen molar-refractivity contribution in [1.29, 1.82) is 0 Å². The number of hydrogen-bond donors (Lipinski definition) is 1. The van der Waals surface area contributed by atoms with Crippen LogP contribution in [0.15, 0.2) is 48.9 Å². The van der Waals surface area contributed by atoms with Gasteiger partial charge in [-0.1, -0.05) is 6.07 Å². The maximum atomic E-state index is 5.42. The first kappa shape index (κ1) is 19.4. The highest BCUT2D eigenvalue weighted by Crippen LogP contribution is 2.21. The average Bonchev–Trinajstić information content (AvgIpc) is 3.22. The minimum Gasteiger partial charge on any atom is -0.481 e.